The number of benzene rings is 3. The van der Waals surface area contributed by atoms with Crippen LogP contribution in [0.5, 0.6) is 11.5 Å². The number of aliphatic hydroxyl groups excluding tert-OH is 3. The molecule has 9 atom stereocenters. The van der Waals surface area contributed by atoms with E-state index in [9.17, 15) is 39.6 Å². The summed E-state index contributed by atoms with van der Waals surface area (Å²) in [6.07, 6.45) is 4.60. The number of hydrogen-bond donors (Lipinski definition) is 5. The summed E-state index contributed by atoms with van der Waals surface area (Å²) in [6, 6.07) is 3.20. The smallest absolute Gasteiger partial charge is 0.302 e. The number of allylic oxidation sites excluding steroid dienone is 2. The highest BCUT2D eigenvalue weighted by molar-refractivity contribution is 6.17. The van der Waals surface area contributed by atoms with E-state index in [2.05, 4.69) is 29.0 Å². The zero-order valence-electron chi connectivity index (χ0n) is 40.9. The fraction of sp³-hybridized carbons (Fsp3) is 0.519. The van der Waals surface area contributed by atoms with Gasteiger partial charge in [-0.05, 0) is 26.7 Å². The van der Waals surface area contributed by atoms with E-state index < -0.39 is 82.2 Å². The van der Waals surface area contributed by atoms with Crippen LogP contribution in [-0.4, -0.2) is 112 Å². The van der Waals surface area contributed by atoms with E-state index in [1.807, 2.05) is 6.92 Å². The normalized spacial score (nSPS) is 27.9. The van der Waals surface area contributed by atoms with Gasteiger partial charge in [-0.1, -0.05) is 71.9 Å². The number of hydrogen-bond acceptors (Lipinski definition) is 15. The van der Waals surface area contributed by atoms with E-state index in [4.69, 9.17) is 23.6 Å². The number of phenols is 1. The van der Waals surface area contributed by atoms with Gasteiger partial charge in [0.25, 0.3) is 5.91 Å². The van der Waals surface area contributed by atoms with Crippen LogP contribution in [0.3, 0.4) is 0 Å². The molecule has 0 unspecified atom stereocenters. The number of amides is 1. The van der Waals surface area contributed by atoms with E-state index in [1.165, 1.54) is 33.1 Å². The number of piperazine rings is 1. The SMILES string of the molecule is CO[C@H]1C=CC[C@@]2(C)Oc3c(C)c(O)c4c(=O)c(c5oc6cc(N7CCN(CC(C)C)CC7)cc(=O)c6nc5c4c3=C2O)NC(=O)C(C)=CC=C[C@H](C)[C@H](O)[C@@H](C)[C@@H](O)[C@@H](C)[C@H](OC(C)=O)[C@@H]1C. The molecular formula is C52H66N4O12. The number of nitrogens with one attached hydrogen (secondary N) is 1. The van der Waals surface area contributed by atoms with Crippen molar-refractivity contribution in [1.29, 1.82) is 0 Å². The molecule has 3 aromatic carbocycles. The molecule has 366 valence electrons. The number of esters is 1. The number of aromatic hydroxyl groups is 1. The summed E-state index contributed by atoms with van der Waals surface area (Å²) < 4.78 is 24.8. The van der Waals surface area contributed by atoms with Crippen LogP contribution in [0, 0.1) is 36.5 Å². The second kappa shape index (κ2) is 19.7. The molecule has 16 heteroatoms. The van der Waals surface area contributed by atoms with Gasteiger partial charge in [0.15, 0.2) is 22.3 Å². The number of aliphatic hydroxyl groups is 3. The van der Waals surface area contributed by atoms with E-state index in [-0.39, 0.29) is 72.9 Å². The van der Waals surface area contributed by atoms with Crippen molar-refractivity contribution < 1.29 is 48.6 Å². The van der Waals surface area contributed by atoms with Crippen molar-refractivity contribution in [3.8, 4) is 11.5 Å². The first-order valence-corrected chi connectivity index (χ1v) is 23.5. The maximum atomic E-state index is 14.9. The van der Waals surface area contributed by atoms with Crippen molar-refractivity contribution in [2.45, 2.75) is 106 Å². The van der Waals surface area contributed by atoms with Gasteiger partial charge in [-0.15, -0.1) is 0 Å². The molecule has 4 bridgehead atoms. The Bertz CT molecular complexity index is 2900. The lowest BCUT2D eigenvalue weighted by Gasteiger charge is -2.38. The Morgan fingerprint density at radius 3 is 2.29 bits per heavy atom. The summed E-state index contributed by atoms with van der Waals surface area (Å²) in [5, 5.41) is 49.8. The predicted octanol–water partition coefficient (Wildman–Crippen LogP) is 5.80. The summed E-state index contributed by atoms with van der Waals surface area (Å²) in [5.74, 6) is -3.82. The largest absolute Gasteiger partial charge is 0.507 e. The molecule has 3 aliphatic rings. The predicted molar refractivity (Wildman–Crippen MR) is 262 cm³/mol. The lowest BCUT2D eigenvalue weighted by atomic mass is 9.78. The zero-order valence-corrected chi connectivity index (χ0v) is 40.9. The van der Waals surface area contributed by atoms with Crippen LogP contribution < -0.4 is 31.0 Å². The number of nitrogens with zero attached hydrogens (tertiary/aromatic N) is 3. The molecule has 3 aliphatic heterocycles. The molecule has 16 nitrogen and oxygen atoms in total. The van der Waals surface area contributed by atoms with Crippen molar-refractivity contribution in [3.05, 3.63) is 79.3 Å². The van der Waals surface area contributed by atoms with Gasteiger partial charge in [-0.2, -0.15) is 0 Å². The van der Waals surface area contributed by atoms with Gasteiger partial charge in [0.2, 0.25) is 10.9 Å². The van der Waals surface area contributed by atoms with E-state index >= 15 is 0 Å². The molecule has 1 saturated heterocycles. The quantitative estimate of drug-likeness (QED) is 0.0691. The van der Waals surface area contributed by atoms with Crippen molar-refractivity contribution in [2.75, 3.05) is 50.1 Å². The van der Waals surface area contributed by atoms with Gasteiger partial charge < -0.3 is 49.3 Å². The van der Waals surface area contributed by atoms with E-state index in [0.29, 0.717) is 24.7 Å². The van der Waals surface area contributed by atoms with Crippen LogP contribution >= 0.6 is 0 Å². The highest BCUT2D eigenvalue weighted by Crippen LogP contribution is 2.43. The zero-order chi connectivity index (χ0) is 49.7. The molecule has 0 spiro atoms. The Balaban J connectivity index is 1.46. The Labute approximate surface area is 395 Å². The Hall–Kier alpha value is -5.81. The van der Waals surface area contributed by atoms with Gasteiger partial charge in [-0.3, -0.25) is 24.1 Å². The first-order valence-electron chi connectivity index (χ1n) is 23.5. The van der Waals surface area contributed by atoms with Gasteiger partial charge in [0, 0.05) is 111 Å². The summed E-state index contributed by atoms with van der Waals surface area (Å²) in [6.45, 7) is 21.3. The number of phenolic OH excluding ortho intramolecular Hbond substituents is 1. The topological polar surface area (TPSA) is 221 Å². The molecule has 4 aromatic rings. The highest BCUT2D eigenvalue weighted by atomic mass is 16.5. The summed E-state index contributed by atoms with van der Waals surface area (Å²) >= 11 is 0. The number of rotatable bonds is 5. The monoisotopic (exact) mass is 938 g/mol. The number of carbonyl (C=O) groups excluding carboxylic acids is 2. The first-order chi connectivity index (χ1) is 32.1. The second-order valence-corrected chi connectivity index (χ2v) is 19.7. The number of carbonyl (C=O) groups is 2. The number of fused-ring (bicyclic) bond motifs is 2. The molecule has 0 radical (unpaired) electrons. The molecule has 4 heterocycles. The van der Waals surface area contributed by atoms with Crippen LogP contribution in [0.2, 0.25) is 0 Å². The van der Waals surface area contributed by atoms with Crippen LogP contribution in [0.1, 0.15) is 74.3 Å². The van der Waals surface area contributed by atoms with E-state index in [0.717, 1.165) is 19.6 Å². The molecule has 5 N–H and O–H groups in total. The molecule has 7 rings (SSSR count). The number of aromatic nitrogens is 1. The van der Waals surface area contributed by atoms with Crippen molar-refractivity contribution in [2.24, 2.45) is 29.6 Å². The molecule has 1 amide bonds. The molecular weight excluding hydrogens is 873 g/mol. The maximum absolute atomic E-state index is 14.9. The molecule has 0 saturated carbocycles. The number of anilines is 2. The third-order valence-electron chi connectivity index (χ3n) is 14.2. The Kier molecular flexibility index (Phi) is 14.5. The van der Waals surface area contributed by atoms with Crippen LogP contribution in [0.4, 0.5) is 11.4 Å². The Morgan fingerprint density at radius 1 is 0.956 bits per heavy atom. The van der Waals surface area contributed by atoms with Crippen LogP contribution in [0.15, 0.2) is 62.1 Å². The van der Waals surface area contributed by atoms with Gasteiger partial charge in [0.1, 0.15) is 34.6 Å². The average molecular weight is 939 g/mol. The Morgan fingerprint density at radius 2 is 1.65 bits per heavy atom. The minimum absolute atomic E-state index is 0.0340. The second-order valence-electron chi connectivity index (χ2n) is 19.7. The molecule has 1 aromatic heterocycles. The van der Waals surface area contributed by atoms with Crippen molar-refractivity contribution in [1.82, 2.24) is 9.88 Å². The van der Waals surface area contributed by atoms with Gasteiger partial charge >= 0.3 is 5.97 Å². The number of ether oxygens (including phenoxy) is 3. The summed E-state index contributed by atoms with van der Waals surface area (Å²) in [7, 11) is 1.50. The van der Waals surface area contributed by atoms with Crippen molar-refractivity contribution in [3.63, 3.8) is 0 Å². The minimum Gasteiger partial charge on any atom is -0.507 e. The summed E-state index contributed by atoms with van der Waals surface area (Å²) in [4.78, 5) is 64.8. The minimum atomic E-state index is -1.48. The lowest BCUT2D eigenvalue weighted by Crippen LogP contribution is -2.47. The fourth-order valence-corrected chi connectivity index (χ4v) is 10.1. The van der Waals surface area contributed by atoms with Crippen molar-refractivity contribution >= 4 is 62.0 Å². The van der Waals surface area contributed by atoms with Crippen LogP contribution in [0.25, 0.3) is 38.7 Å². The third-order valence-corrected chi connectivity index (χ3v) is 14.2. The average Bonchev–Trinajstić information content (AvgIpc) is 3.56. The summed E-state index contributed by atoms with van der Waals surface area (Å²) in [5.41, 5.74) is -2.47. The lowest BCUT2D eigenvalue weighted by molar-refractivity contribution is -0.160. The maximum Gasteiger partial charge on any atom is 0.302 e. The molecule has 0 aliphatic carbocycles. The standard InChI is InChI=1S/C52H66N4O12/c1-25(2)24-55-18-20-56(21-19-55)33-22-34(58)40-36(23-33)67-49-41(53-40)37-38-45(61)31(8)48-39(37)50(63)52(10,68-48)17-13-16-35(65-11)28(5)47(66-32(9)57)30(7)44(60)29(6)43(59)26(3)14-12-15-27(4)51(64)54-42(49)46(38)62/h12-16,22-23,25-26,28-30,35,43-44,47,59-61,63H,17-21,24H2,1-11H3,(H,54,64)/t26-,28+,29+,30+,35-,43-,44+,47+,52+/m0/s1. The highest BCUT2D eigenvalue weighted by Gasteiger charge is 2.42. The van der Waals surface area contributed by atoms with Gasteiger partial charge in [0.05, 0.1) is 28.9 Å². The fourth-order valence-electron chi connectivity index (χ4n) is 10.1. The third kappa shape index (κ3) is 9.35. The number of methoxy groups -OCH3 is 1. The van der Waals surface area contributed by atoms with E-state index in [1.54, 1.807) is 65.0 Å². The van der Waals surface area contributed by atoms with Gasteiger partial charge in [-0.25, -0.2) is 4.98 Å². The first kappa shape index (κ1) is 50.1. The molecule has 68 heavy (non-hydrogen) atoms. The van der Waals surface area contributed by atoms with Crippen LogP contribution in [-0.2, 0) is 19.1 Å². The molecule has 1 fully saturated rings.